The molecule has 3 nitrogen and oxygen atoms in total. The molecule has 0 fully saturated rings. The predicted octanol–water partition coefficient (Wildman–Crippen LogP) is 3.12. The number of pyridine rings is 1. The van der Waals surface area contributed by atoms with Crippen molar-refractivity contribution in [3.8, 4) is 0 Å². The van der Waals surface area contributed by atoms with Gasteiger partial charge < -0.3 is 10.2 Å². The maximum Gasteiger partial charge on any atom is 0.0447 e. The number of nitrogens with zero attached hydrogens (tertiary/aromatic N) is 2. The molecule has 0 aliphatic rings. The highest BCUT2D eigenvalue weighted by Crippen LogP contribution is 2.23. The third-order valence-corrected chi connectivity index (χ3v) is 3.44. The molecule has 1 atom stereocenters. The van der Waals surface area contributed by atoms with Gasteiger partial charge in [0.1, 0.15) is 0 Å². The molecule has 0 radical (unpaired) electrons. The lowest BCUT2D eigenvalue weighted by molar-refractivity contribution is 0.622. The van der Waals surface area contributed by atoms with Crippen LogP contribution in [0.4, 0.5) is 5.69 Å². The number of hydrogen-bond donors (Lipinski definition) is 1. The van der Waals surface area contributed by atoms with E-state index in [2.05, 4.69) is 55.9 Å². The third kappa shape index (κ3) is 3.70. The first kappa shape index (κ1) is 15.0. The monoisotopic (exact) mass is 249 g/mol. The molecule has 0 saturated carbocycles. The number of aryl methyl sites for hydroxylation is 1. The van der Waals surface area contributed by atoms with Crippen LogP contribution >= 0.6 is 0 Å². The van der Waals surface area contributed by atoms with Crippen molar-refractivity contribution in [2.24, 2.45) is 0 Å². The molecule has 0 amide bonds. The van der Waals surface area contributed by atoms with Gasteiger partial charge >= 0.3 is 0 Å². The molecule has 0 aliphatic heterocycles. The summed E-state index contributed by atoms with van der Waals surface area (Å²) in [7, 11) is 0. The van der Waals surface area contributed by atoms with Gasteiger partial charge in [0.15, 0.2) is 0 Å². The van der Waals surface area contributed by atoms with Gasteiger partial charge in [-0.1, -0.05) is 13.8 Å². The van der Waals surface area contributed by atoms with Gasteiger partial charge in [-0.15, -0.1) is 0 Å². The van der Waals surface area contributed by atoms with E-state index in [4.69, 9.17) is 0 Å². The highest BCUT2D eigenvalue weighted by Gasteiger charge is 2.15. The van der Waals surface area contributed by atoms with Crippen molar-refractivity contribution < 1.29 is 0 Å². The molecule has 18 heavy (non-hydrogen) atoms. The number of nitrogens with one attached hydrogen (secondary N) is 1. The molecule has 1 unspecified atom stereocenters. The van der Waals surface area contributed by atoms with Crippen molar-refractivity contribution >= 4 is 5.69 Å². The summed E-state index contributed by atoms with van der Waals surface area (Å²) in [6, 6.07) is 2.78. The highest BCUT2D eigenvalue weighted by molar-refractivity contribution is 5.54. The minimum absolute atomic E-state index is 0.567. The molecular formula is C15H27N3. The van der Waals surface area contributed by atoms with Gasteiger partial charge in [0.25, 0.3) is 0 Å². The standard InChI is InChI=1S/C15H27N3/c1-6-13(5)18(8-3)15-9-12(4)17-11-14(15)10-16-7-2/h9,11,13,16H,6-8,10H2,1-5H3. The normalized spacial score (nSPS) is 12.5. The fraction of sp³-hybridized carbons (Fsp3) is 0.667. The molecule has 1 aromatic rings. The lowest BCUT2D eigenvalue weighted by Gasteiger charge is -2.31. The number of hydrogen-bond acceptors (Lipinski definition) is 3. The van der Waals surface area contributed by atoms with Crippen molar-refractivity contribution in [1.29, 1.82) is 0 Å². The van der Waals surface area contributed by atoms with Crippen molar-refractivity contribution in [2.45, 2.75) is 53.6 Å². The van der Waals surface area contributed by atoms with Crippen LogP contribution in [0.5, 0.6) is 0 Å². The number of aromatic nitrogens is 1. The predicted molar refractivity (Wildman–Crippen MR) is 79.1 cm³/mol. The average molecular weight is 249 g/mol. The Hall–Kier alpha value is -1.09. The van der Waals surface area contributed by atoms with Gasteiger partial charge in [-0.2, -0.15) is 0 Å². The fourth-order valence-corrected chi connectivity index (χ4v) is 2.18. The number of rotatable bonds is 7. The average Bonchev–Trinajstić information content (AvgIpc) is 2.38. The zero-order valence-electron chi connectivity index (χ0n) is 12.5. The lowest BCUT2D eigenvalue weighted by Crippen LogP contribution is -2.33. The van der Waals surface area contributed by atoms with Gasteiger partial charge in [0.05, 0.1) is 0 Å². The second kappa shape index (κ2) is 7.37. The van der Waals surface area contributed by atoms with Crippen molar-refractivity contribution in [1.82, 2.24) is 10.3 Å². The van der Waals surface area contributed by atoms with Crippen LogP contribution in [0.3, 0.4) is 0 Å². The minimum Gasteiger partial charge on any atom is -0.369 e. The van der Waals surface area contributed by atoms with Crippen LogP contribution in [0.1, 0.15) is 45.4 Å². The smallest absolute Gasteiger partial charge is 0.0447 e. The molecule has 0 aromatic carbocycles. The summed E-state index contributed by atoms with van der Waals surface area (Å²) in [5.41, 5.74) is 3.72. The minimum atomic E-state index is 0.567. The Kier molecular flexibility index (Phi) is 6.13. The summed E-state index contributed by atoms with van der Waals surface area (Å²) < 4.78 is 0. The molecule has 0 aliphatic carbocycles. The Labute approximate surface area is 112 Å². The first-order valence-electron chi connectivity index (χ1n) is 7.06. The van der Waals surface area contributed by atoms with E-state index in [1.165, 1.54) is 11.3 Å². The summed E-state index contributed by atoms with van der Waals surface area (Å²) >= 11 is 0. The van der Waals surface area contributed by atoms with E-state index in [1.807, 2.05) is 6.20 Å². The molecule has 0 saturated heterocycles. The summed E-state index contributed by atoms with van der Waals surface area (Å²) in [4.78, 5) is 6.90. The molecule has 1 N–H and O–H groups in total. The highest BCUT2D eigenvalue weighted by atomic mass is 15.2. The zero-order valence-corrected chi connectivity index (χ0v) is 12.5. The molecular weight excluding hydrogens is 222 g/mol. The van der Waals surface area contributed by atoms with E-state index in [-0.39, 0.29) is 0 Å². The van der Waals surface area contributed by atoms with Gasteiger partial charge in [-0.05, 0) is 39.8 Å². The van der Waals surface area contributed by atoms with Crippen LogP contribution in [0.2, 0.25) is 0 Å². The van der Waals surface area contributed by atoms with E-state index in [9.17, 15) is 0 Å². The maximum atomic E-state index is 4.43. The van der Waals surface area contributed by atoms with E-state index >= 15 is 0 Å². The Morgan fingerprint density at radius 1 is 1.33 bits per heavy atom. The topological polar surface area (TPSA) is 28.2 Å². The van der Waals surface area contributed by atoms with E-state index in [0.717, 1.165) is 31.7 Å². The fourth-order valence-electron chi connectivity index (χ4n) is 2.18. The first-order chi connectivity index (χ1) is 8.63. The Balaban J connectivity index is 3.05. The zero-order chi connectivity index (χ0) is 13.5. The van der Waals surface area contributed by atoms with Crippen LogP contribution in [0.25, 0.3) is 0 Å². The Morgan fingerprint density at radius 2 is 2.06 bits per heavy atom. The molecule has 3 heteroatoms. The van der Waals surface area contributed by atoms with Crippen LogP contribution in [0.15, 0.2) is 12.3 Å². The second-order valence-corrected chi connectivity index (χ2v) is 4.78. The summed E-state index contributed by atoms with van der Waals surface area (Å²) in [6.45, 7) is 13.9. The van der Waals surface area contributed by atoms with Gasteiger partial charge in [0, 0.05) is 42.3 Å². The summed E-state index contributed by atoms with van der Waals surface area (Å²) in [5.74, 6) is 0. The largest absolute Gasteiger partial charge is 0.369 e. The van der Waals surface area contributed by atoms with Crippen molar-refractivity contribution in [3.05, 3.63) is 23.5 Å². The van der Waals surface area contributed by atoms with E-state index < -0.39 is 0 Å². The first-order valence-corrected chi connectivity index (χ1v) is 7.06. The van der Waals surface area contributed by atoms with Crippen LogP contribution in [-0.2, 0) is 6.54 Å². The van der Waals surface area contributed by atoms with Gasteiger partial charge in [0.2, 0.25) is 0 Å². The van der Waals surface area contributed by atoms with Crippen LogP contribution in [0, 0.1) is 6.92 Å². The third-order valence-electron chi connectivity index (χ3n) is 3.44. The molecule has 1 aromatic heterocycles. The second-order valence-electron chi connectivity index (χ2n) is 4.78. The van der Waals surface area contributed by atoms with Crippen LogP contribution in [-0.4, -0.2) is 24.1 Å². The Bertz CT molecular complexity index is 363. The molecule has 0 bridgehead atoms. The Morgan fingerprint density at radius 3 is 2.61 bits per heavy atom. The van der Waals surface area contributed by atoms with Crippen LogP contribution < -0.4 is 10.2 Å². The van der Waals surface area contributed by atoms with Gasteiger partial charge in [-0.3, -0.25) is 4.98 Å². The maximum absolute atomic E-state index is 4.43. The summed E-state index contributed by atoms with van der Waals surface area (Å²) in [5, 5.41) is 3.39. The quantitative estimate of drug-likeness (QED) is 0.804. The molecule has 1 heterocycles. The van der Waals surface area contributed by atoms with Crippen molar-refractivity contribution in [3.63, 3.8) is 0 Å². The van der Waals surface area contributed by atoms with Crippen molar-refractivity contribution in [2.75, 3.05) is 18.0 Å². The van der Waals surface area contributed by atoms with E-state index in [1.54, 1.807) is 0 Å². The van der Waals surface area contributed by atoms with Gasteiger partial charge in [-0.25, -0.2) is 0 Å². The summed E-state index contributed by atoms with van der Waals surface area (Å²) in [6.07, 6.45) is 3.17. The molecule has 102 valence electrons. The molecule has 0 spiro atoms. The lowest BCUT2D eigenvalue weighted by atomic mass is 10.1. The molecule has 1 rings (SSSR count). The SMILES string of the molecule is CCNCc1cnc(C)cc1N(CC)C(C)CC. The number of anilines is 1. The van der Waals surface area contributed by atoms with E-state index in [0.29, 0.717) is 6.04 Å².